The maximum atomic E-state index is 13.3. The number of carbonyl (C=O) groups excluding carboxylic acids is 1. The van der Waals surface area contributed by atoms with Crippen molar-refractivity contribution >= 4 is 11.6 Å². The van der Waals surface area contributed by atoms with Crippen molar-refractivity contribution < 1.29 is 9.18 Å². The molecular formula is C15H22FN3O. The Labute approximate surface area is 119 Å². The number of hydrogen-bond donors (Lipinski definition) is 1. The fraction of sp³-hybridized carbons (Fsp3) is 0.533. The molecule has 0 aliphatic carbocycles. The number of halogens is 1. The van der Waals surface area contributed by atoms with Gasteiger partial charge in [-0.2, -0.15) is 0 Å². The van der Waals surface area contributed by atoms with Gasteiger partial charge in [-0.1, -0.05) is 6.07 Å². The number of nitrogens with two attached hydrogens (primary N) is 1. The second kappa shape index (κ2) is 7.24. The van der Waals surface area contributed by atoms with Gasteiger partial charge in [-0.05, 0) is 44.0 Å². The van der Waals surface area contributed by atoms with Crippen molar-refractivity contribution in [3.05, 3.63) is 30.1 Å². The molecule has 0 bridgehead atoms. The highest BCUT2D eigenvalue weighted by atomic mass is 19.1. The van der Waals surface area contributed by atoms with E-state index in [-0.39, 0.29) is 11.7 Å². The van der Waals surface area contributed by atoms with Crippen LogP contribution in [0.25, 0.3) is 0 Å². The Morgan fingerprint density at radius 2 is 2.10 bits per heavy atom. The third kappa shape index (κ3) is 3.93. The van der Waals surface area contributed by atoms with Crippen LogP contribution >= 0.6 is 0 Å². The molecule has 0 unspecified atom stereocenters. The van der Waals surface area contributed by atoms with E-state index in [1.165, 1.54) is 12.1 Å². The van der Waals surface area contributed by atoms with E-state index in [4.69, 9.17) is 5.73 Å². The van der Waals surface area contributed by atoms with Gasteiger partial charge >= 0.3 is 0 Å². The summed E-state index contributed by atoms with van der Waals surface area (Å²) >= 11 is 0. The third-order valence-electron chi connectivity index (χ3n) is 3.59. The molecule has 2 rings (SSSR count). The average Bonchev–Trinajstić information content (AvgIpc) is 2.97. The molecule has 110 valence electrons. The van der Waals surface area contributed by atoms with E-state index in [9.17, 15) is 9.18 Å². The minimum Gasteiger partial charge on any atom is -0.362 e. The Morgan fingerprint density at radius 3 is 2.75 bits per heavy atom. The third-order valence-corrected chi connectivity index (χ3v) is 3.59. The monoisotopic (exact) mass is 279 g/mol. The molecule has 1 saturated heterocycles. The van der Waals surface area contributed by atoms with Crippen molar-refractivity contribution in [2.75, 3.05) is 37.6 Å². The summed E-state index contributed by atoms with van der Waals surface area (Å²) in [6.45, 7) is 3.20. The summed E-state index contributed by atoms with van der Waals surface area (Å²) < 4.78 is 13.3. The first-order valence-electron chi connectivity index (χ1n) is 7.19. The van der Waals surface area contributed by atoms with Gasteiger partial charge in [0.1, 0.15) is 5.82 Å². The lowest BCUT2D eigenvalue weighted by Crippen LogP contribution is -2.39. The molecule has 4 nitrogen and oxygen atoms in total. The predicted octanol–water partition coefficient (Wildman–Crippen LogP) is 1.60. The molecule has 5 heteroatoms. The summed E-state index contributed by atoms with van der Waals surface area (Å²) in [4.78, 5) is 16.0. The Hall–Kier alpha value is -1.62. The molecule has 0 aromatic heterocycles. The molecule has 20 heavy (non-hydrogen) atoms. The molecule has 1 aromatic rings. The number of likely N-dealkylation sites (tertiary alicyclic amines) is 1. The van der Waals surface area contributed by atoms with E-state index >= 15 is 0 Å². The molecule has 0 radical (unpaired) electrons. The van der Waals surface area contributed by atoms with Gasteiger partial charge in [0.05, 0.1) is 6.54 Å². The Bertz CT molecular complexity index is 446. The van der Waals surface area contributed by atoms with E-state index in [2.05, 4.69) is 0 Å². The molecular weight excluding hydrogens is 257 g/mol. The van der Waals surface area contributed by atoms with Gasteiger partial charge in [-0.15, -0.1) is 0 Å². The Morgan fingerprint density at radius 1 is 1.35 bits per heavy atom. The van der Waals surface area contributed by atoms with E-state index in [1.807, 2.05) is 15.9 Å². The highest BCUT2D eigenvalue weighted by Gasteiger charge is 2.20. The number of nitrogens with zero attached hydrogens (tertiary/aromatic N) is 2. The fourth-order valence-electron chi connectivity index (χ4n) is 2.48. The van der Waals surface area contributed by atoms with Crippen molar-refractivity contribution in [1.82, 2.24) is 4.90 Å². The highest BCUT2D eigenvalue weighted by Crippen LogP contribution is 2.17. The van der Waals surface area contributed by atoms with Gasteiger partial charge < -0.3 is 15.5 Å². The van der Waals surface area contributed by atoms with Crippen molar-refractivity contribution in [1.29, 1.82) is 0 Å². The van der Waals surface area contributed by atoms with Crippen LogP contribution in [0.3, 0.4) is 0 Å². The van der Waals surface area contributed by atoms with Crippen LogP contribution in [0.5, 0.6) is 0 Å². The number of benzene rings is 1. The smallest absolute Gasteiger partial charge is 0.242 e. The van der Waals surface area contributed by atoms with Gasteiger partial charge in [0.25, 0.3) is 0 Å². The van der Waals surface area contributed by atoms with E-state index < -0.39 is 0 Å². The molecule has 1 aliphatic rings. The van der Waals surface area contributed by atoms with Crippen LogP contribution in [-0.4, -0.2) is 43.5 Å². The topological polar surface area (TPSA) is 49.6 Å². The van der Waals surface area contributed by atoms with E-state index in [0.717, 1.165) is 38.0 Å². The second-order valence-electron chi connectivity index (χ2n) is 5.13. The molecule has 1 aliphatic heterocycles. The minimum absolute atomic E-state index is 0.115. The van der Waals surface area contributed by atoms with Crippen molar-refractivity contribution in [3.8, 4) is 0 Å². The normalized spacial score (nSPS) is 14.6. The van der Waals surface area contributed by atoms with Crippen LogP contribution in [0, 0.1) is 5.82 Å². The van der Waals surface area contributed by atoms with Crippen LogP contribution in [0.4, 0.5) is 10.1 Å². The van der Waals surface area contributed by atoms with Crippen LogP contribution in [0.2, 0.25) is 0 Å². The highest BCUT2D eigenvalue weighted by molar-refractivity contribution is 5.81. The van der Waals surface area contributed by atoms with Gasteiger partial charge in [-0.3, -0.25) is 4.79 Å². The lowest BCUT2D eigenvalue weighted by atomic mass is 10.2. The summed E-state index contributed by atoms with van der Waals surface area (Å²) in [5.74, 6) is -0.169. The maximum Gasteiger partial charge on any atom is 0.242 e. The minimum atomic E-state index is -0.283. The standard InChI is InChI=1S/C15H22FN3O/c16-13-5-3-6-14(11-13)19(10-4-7-17)12-15(20)18-8-1-2-9-18/h3,5-6,11H,1-2,4,7-10,12,17H2. The fourth-order valence-corrected chi connectivity index (χ4v) is 2.48. The quantitative estimate of drug-likeness (QED) is 0.860. The first-order chi connectivity index (χ1) is 9.70. The number of rotatable bonds is 6. The van der Waals surface area contributed by atoms with Gasteiger partial charge in [0, 0.05) is 25.3 Å². The van der Waals surface area contributed by atoms with Gasteiger partial charge in [0.2, 0.25) is 5.91 Å². The van der Waals surface area contributed by atoms with Crippen LogP contribution < -0.4 is 10.6 Å². The Balaban J connectivity index is 2.04. The molecule has 1 heterocycles. The number of carbonyl (C=O) groups is 1. The number of hydrogen-bond acceptors (Lipinski definition) is 3. The molecule has 0 spiro atoms. The second-order valence-corrected chi connectivity index (χ2v) is 5.13. The largest absolute Gasteiger partial charge is 0.362 e. The zero-order chi connectivity index (χ0) is 14.4. The average molecular weight is 279 g/mol. The lowest BCUT2D eigenvalue weighted by Gasteiger charge is -2.26. The van der Waals surface area contributed by atoms with E-state index in [1.54, 1.807) is 6.07 Å². The molecule has 0 atom stereocenters. The number of amides is 1. The maximum absolute atomic E-state index is 13.3. The summed E-state index contributed by atoms with van der Waals surface area (Å²) in [7, 11) is 0. The summed E-state index contributed by atoms with van der Waals surface area (Å²) in [6.07, 6.45) is 2.94. The van der Waals surface area contributed by atoms with Crippen LogP contribution in [0.1, 0.15) is 19.3 Å². The first-order valence-corrected chi connectivity index (χ1v) is 7.19. The molecule has 2 N–H and O–H groups in total. The molecule has 1 fully saturated rings. The molecule has 1 aromatic carbocycles. The summed E-state index contributed by atoms with van der Waals surface area (Å²) in [6, 6.07) is 6.37. The zero-order valence-corrected chi connectivity index (χ0v) is 11.7. The Kier molecular flexibility index (Phi) is 5.35. The summed E-state index contributed by atoms with van der Waals surface area (Å²) in [5, 5.41) is 0. The van der Waals surface area contributed by atoms with Crippen LogP contribution in [-0.2, 0) is 4.79 Å². The van der Waals surface area contributed by atoms with Crippen molar-refractivity contribution in [2.24, 2.45) is 5.73 Å². The van der Waals surface area contributed by atoms with E-state index in [0.29, 0.717) is 19.6 Å². The number of anilines is 1. The van der Waals surface area contributed by atoms with Crippen LogP contribution in [0.15, 0.2) is 24.3 Å². The zero-order valence-electron chi connectivity index (χ0n) is 11.7. The lowest BCUT2D eigenvalue weighted by molar-refractivity contribution is -0.128. The van der Waals surface area contributed by atoms with Gasteiger partial charge in [-0.25, -0.2) is 4.39 Å². The van der Waals surface area contributed by atoms with Crippen molar-refractivity contribution in [3.63, 3.8) is 0 Å². The van der Waals surface area contributed by atoms with Gasteiger partial charge in [0.15, 0.2) is 0 Å². The first kappa shape index (κ1) is 14.8. The summed E-state index contributed by atoms with van der Waals surface area (Å²) in [5.41, 5.74) is 6.28. The predicted molar refractivity (Wildman–Crippen MR) is 78.1 cm³/mol. The molecule has 0 saturated carbocycles. The SMILES string of the molecule is NCCCN(CC(=O)N1CCCC1)c1cccc(F)c1. The molecule has 1 amide bonds. The van der Waals surface area contributed by atoms with Crippen molar-refractivity contribution in [2.45, 2.75) is 19.3 Å².